The van der Waals surface area contributed by atoms with Gasteiger partial charge in [0.15, 0.2) is 11.5 Å². The summed E-state index contributed by atoms with van der Waals surface area (Å²) in [5.41, 5.74) is 0.0271. The van der Waals surface area contributed by atoms with Gasteiger partial charge < -0.3 is 10.1 Å². The predicted molar refractivity (Wildman–Crippen MR) is 58.2 cm³/mol. The molecule has 0 aliphatic rings. The summed E-state index contributed by atoms with van der Waals surface area (Å²) < 4.78 is 6.03. The van der Waals surface area contributed by atoms with Gasteiger partial charge in [-0.1, -0.05) is 0 Å². The maximum Gasteiger partial charge on any atom is 0.344 e. The minimum atomic E-state index is -0.680. The number of amides is 1. The first-order chi connectivity index (χ1) is 8.01. The zero-order valence-corrected chi connectivity index (χ0v) is 9.77. The highest BCUT2D eigenvalue weighted by Crippen LogP contribution is 2.19. The number of aromatic nitrogens is 2. The number of rotatable bonds is 3. The average Bonchev–Trinajstić information content (AvgIpc) is 2.53. The van der Waals surface area contributed by atoms with Gasteiger partial charge in [-0.05, 0) is 6.92 Å². The van der Waals surface area contributed by atoms with E-state index in [1.165, 1.54) is 18.7 Å². The molecule has 1 rings (SSSR count). The summed E-state index contributed by atoms with van der Waals surface area (Å²) in [5.74, 6) is -1.02. The molecule has 1 amide bonds. The Kier molecular flexibility index (Phi) is 3.82. The van der Waals surface area contributed by atoms with E-state index in [1.807, 2.05) is 6.07 Å². The highest BCUT2D eigenvalue weighted by atomic mass is 16.5. The van der Waals surface area contributed by atoms with Crippen molar-refractivity contribution in [2.45, 2.75) is 13.8 Å². The molecule has 7 nitrogen and oxygen atoms in total. The first kappa shape index (κ1) is 12.7. The summed E-state index contributed by atoms with van der Waals surface area (Å²) in [4.78, 5) is 22.6. The van der Waals surface area contributed by atoms with E-state index in [4.69, 9.17) is 10.00 Å². The van der Waals surface area contributed by atoms with Crippen LogP contribution >= 0.6 is 0 Å². The van der Waals surface area contributed by atoms with Crippen molar-refractivity contribution >= 4 is 17.7 Å². The number of hydrogen-bond donors (Lipinski definition) is 1. The van der Waals surface area contributed by atoms with Crippen molar-refractivity contribution in [3.05, 3.63) is 11.3 Å². The third kappa shape index (κ3) is 2.60. The van der Waals surface area contributed by atoms with Crippen LogP contribution < -0.4 is 5.32 Å². The van der Waals surface area contributed by atoms with Gasteiger partial charge in [-0.15, -0.1) is 0 Å². The molecule has 1 heterocycles. The minimum Gasteiger partial charge on any atom is -0.462 e. The lowest BCUT2D eigenvalue weighted by atomic mass is 10.2. The molecule has 0 atom stereocenters. The highest BCUT2D eigenvalue weighted by Gasteiger charge is 2.24. The number of anilines is 1. The Morgan fingerprint density at radius 2 is 2.24 bits per heavy atom. The quantitative estimate of drug-likeness (QED) is 0.767. The Morgan fingerprint density at radius 3 is 2.71 bits per heavy atom. The maximum atomic E-state index is 11.7. The first-order valence-corrected chi connectivity index (χ1v) is 4.93. The number of ether oxygens (including phenoxy) is 1. The lowest BCUT2D eigenvalue weighted by molar-refractivity contribution is -0.114. The molecular weight excluding hydrogens is 224 g/mol. The molecule has 0 unspecified atom stereocenters. The zero-order valence-electron chi connectivity index (χ0n) is 9.77. The minimum absolute atomic E-state index is 0.0212. The number of hydrogen-bond acceptors (Lipinski definition) is 5. The van der Waals surface area contributed by atoms with Gasteiger partial charge >= 0.3 is 5.97 Å². The molecule has 90 valence electrons. The Hall–Kier alpha value is -2.36. The molecule has 1 aromatic heterocycles. The highest BCUT2D eigenvalue weighted by molar-refractivity contribution is 6.01. The third-order valence-corrected chi connectivity index (χ3v) is 1.93. The van der Waals surface area contributed by atoms with Crippen molar-refractivity contribution in [1.82, 2.24) is 9.78 Å². The zero-order chi connectivity index (χ0) is 13.0. The van der Waals surface area contributed by atoms with Crippen LogP contribution in [0, 0.1) is 11.3 Å². The molecule has 1 N–H and O–H groups in total. The molecule has 0 radical (unpaired) electrons. The van der Waals surface area contributed by atoms with Gasteiger partial charge in [-0.3, -0.25) is 9.48 Å². The number of nitrogens with one attached hydrogen (secondary N) is 1. The predicted octanol–water partition coefficient (Wildman–Crippen LogP) is 0.427. The Morgan fingerprint density at radius 1 is 1.59 bits per heavy atom. The van der Waals surface area contributed by atoms with E-state index in [0.29, 0.717) is 0 Å². The standard InChI is InChI=1S/C10H12N4O3/c1-4-17-10(16)8-7(5-11)14(3)13-9(8)12-6(2)15/h4H2,1-3H3,(H,12,13,15). The van der Waals surface area contributed by atoms with Crippen LogP contribution in [0.2, 0.25) is 0 Å². The molecule has 0 spiro atoms. The van der Waals surface area contributed by atoms with E-state index in [1.54, 1.807) is 6.92 Å². The molecule has 0 aliphatic carbocycles. The summed E-state index contributed by atoms with van der Waals surface area (Å²) in [5, 5.41) is 15.2. The van der Waals surface area contributed by atoms with Crippen molar-refractivity contribution in [2.24, 2.45) is 7.05 Å². The molecule has 1 aromatic rings. The van der Waals surface area contributed by atoms with Crippen LogP contribution in [0.3, 0.4) is 0 Å². The Labute approximate surface area is 98.0 Å². The Balaban J connectivity index is 3.27. The van der Waals surface area contributed by atoms with Gasteiger partial charge in [0.1, 0.15) is 11.6 Å². The van der Waals surface area contributed by atoms with E-state index in [2.05, 4.69) is 10.4 Å². The molecule has 0 aromatic carbocycles. The summed E-state index contributed by atoms with van der Waals surface area (Å²) in [6, 6.07) is 1.85. The van der Waals surface area contributed by atoms with Gasteiger partial charge in [0, 0.05) is 14.0 Å². The second-order valence-corrected chi connectivity index (χ2v) is 3.21. The van der Waals surface area contributed by atoms with Crippen LogP contribution in [0.15, 0.2) is 0 Å². The first-order valence-electron chi connectivity index (χ1n) is 4.93. The topological polar surface area (TPSA) is 97.0 Å². The molecule has 7 heteroatoms. The lowest BCUT2D eigenvalue weighted by Crippen LogP contribution is -2.12. The fraction of sp³-hybridized carbons (Fsp3) is 0.400. The number of carbonyl (C=O) groups is 2. The molecular formula is C10H12N4O3. The van der Waals surface area contributed by atoms with Gasteiger partial charge in [-0.25, -0.2) is 4.79 Å². The van der Waals surface area contributed by atoms with Gasteiger partial charge in [0.25, 0.3) is 0 Å². The fourth-order valence-electron chi connectivity index (χ4n) is 1.30. The third-order valence-electron chi connectivity index (χ3n) is 1.93. The molecule has 0 bridgehead atoms. The summed E-state index contributed by atoms with van der Waals surface area (Å²) in [7, 11) is 1.51. The lowest BCUT2D eigenvalue weighted by Gasteiger charge is -2.02. The molecule has 0 saturated carbocycles. The summed E-state index contributed by atoms with van der Waals surface area (Å²) >= 11 is 0. The van der Waals surface area contributed by atoms with Crippen molar-refractivity contribution in [3.63, 3.8) is 0 Å². The van der Waals surface area contributed by atoms with Crippen molar-refractivity contribution < 1.29 is 14.3 Å². The number of aryl methyl sites for hydroxylation is 1. The monoisotopic (exact) mass is 236 g/mol. The molecule has 0 fully saturated rings. The van der Waals surface area contributed by atoms with E-state index in [0.717, 1.165) is 0 Å². The van der Waals surface area contributed by atoms with Crippen molar-refractivity contribution in [1.29, 1.82) is 5.26 Å². The number of nitrogens with zero attached hydrogens (tertiary/aromatic N) is 3. The number of carbonyl (C=O) groups excluding carboxylic acids is 2. The van der Waals surface area contributed by atoms with Crippen LogP contribution in [0.1, 0.15) is 29.9 Å². The fourth-order valence-corrected chi connectivity index (χ4v) is 1.30. The van der Waals surface area contributed by atoms with Gasteiger partial charge in [-0.2, -0.15) is 10.4 Å². The smallest absolute Gasteiger partial charge is 0.344 e. The van der Waals surface area contributed by atoms with Crippen LogP contribution in [-0.2, 0) is 16.6 Å². The van der Waals surface area contributed by atoms with Crippen LogP contribution in [0.25, 0.3) is 0 Å². The summed E-state index contributed by atoms with van der Waals surface area (Å²) in [6.07, 6.45) is 0. The molecule has 17 heavy (non-hydrogen) atoms. The van der Waals surface area contributed by atoms with E-state index in [9.17, 15) is 9.59 Å². The average molecular weight is 236 g/mol. The molecule has 0 aliphatic heterocycles. The van der Waals surface area contributed by atoms with Crippen LogP contribution in [-0.4, -0.2) is 28.3 Å². The van der Waals surface area contributed by atoms with Crippen molar-refractivity contribution in [3.8, 4) is 6.07 Å². The second kappa shape index (κ2) is 5.12. The van der Waals surface area contributed by atoms with E-state index in [-0.39, 0.29) is 29.6 Å². The van der Waals surface area contributed by atoms with E-state index >= 15 is 0 Å². The van der Waals surface area contributed by atoms with Gasteiger partial charge in [0.05, 0.1) is 6.61 Å². The number of esters is 1. The van der Waals surface area contributed by atoms with E-state index < -0.39 is 5.97 Å². The normalized spacial score (nSPS) is 9.53. The Bertz CT molecular complexity index is 498. The SMILES string of the molecule is CCOC(=O)c1c(NC(C)=O)nn(C)c1C#N. The summed E-state index contributed by atoms with van der Waals surface area (Å²) in [6.45, 7) is 3.12. The molecule has 0 saturated heterocycles. The largest absolute Gasteiger partial charge is 0.462 e. The van der Waals surface area contributed by atoms with Gasteiger partial charge in [0.2, 0.25) is 5.91 Å². The number of nitriles is 1. The maximum absolute atomic E-state index is 11.7. The van der Waals surface area contributed by atoms with Crippen LogP contribution in [0.4, 0.5) is 5.82 Å². The van der Waals surface area contributed by atoms with Crippen LogP contribution in [0.5, 0.6) is 0 Å². The van der Waals surface area contributed by atoms with Crippen molar-refractivity contribution in [2.75, 3.05) is 11.9 Å². The second-order valence-electron chi connectivity index (χ2n) is 3.21.